The summed E-state index contributed by atoms with van der Waals surface area (Å²) in [4.78, 5) is 7.04. The summed E-state index contributed by atoms with van der Waals surface area (Å²) in [6.45, 7) is 0. The molecule has 0 spiro atoms. The molecule has 58 heavy (non-hydrogen) atoms. The Labute approximate surface area is 339 Å². The first-order chi connectivity index (χ1) is 28.8. The highest BCUT2D eigenvalue weighted by atomic mass is 15.2. The third kappa shape index (κ3) is 6.53. The third-order valence-electron chi connectivity index (χ3n) is 10.7. The largest absolute Gasteiger partial charge is 0.310 e. The number of hydrogen-bond acceptors (Lipinski definition) is 3. The molecule has 0 amide bonds. The van der Waals surface area contributed by atoms with Crippen LogP contribution in [0.5, 0.6) is 0 Å². The lowest BCUT2D eigenvalue weighted by atomic mass is 10.1. The Morgan fingerprint density at radius 1 is 0.224 bits per heavy atom. The van der Waals surface area contributed by atoms with Gasteiger partial charge in [-0.05, 0) is 109 Å². The van der Waals surface area contributed by atoms with Gasteiger partial charge in [-0.1, -0.05) is 133 Å². The molecule has 9 aromatic carbocycles. The van der Waals surface area contributed by atoms with Crippen molar-refractivity contribution < 1.29 is 0 Å². The lowest BCUT2D eigenvalue weighted by molar-refractivity contribution is 1.16. The number of hydrogen-bond donors (Lipinski definition) is 0. The van der Waals surface area contributed by atoms with Gasteiger partial charge in [0.1, 0.15) is 0 Å². The van der Waals surface area contributed by atoms with Gasteiger partial charge in [-0.3, -0.25) is 0 Å². The molecule has 0 aliphatic rings. The normalized spacial score (nSPS) is 11.1. The van der Waals surface area contributed by atoms with E-state index in [0.717, 1.165) is 67.9 Å². The van der Waals surface area contributed by atoms with Crippen molar-refractivity contribution in [2.24, 2.45) is 0 Å². The van der Waals surface area contributed by atoms with Crippen molar-refractivity contribution in [2.75, 3.05) is 14.7 Å². The first kappa shape index (κ1) is 34.7. The Kier molecular flexibility index (Phi) is 9.18. The first-order valence-corrected chi connectivity index (χ1v) is 19.7. The van der Waals surface area contributed by atoms with Gasteiger partial charge in [0.15, 0.2) is 0 Å². The van der Waals surface area contributed by atoms with E-state index in [1.54, 1.807) is 0 Å². The maximum absolute atomic E-state index is 2.44. The molecule has 10 rings (SSSR count). The molecule has 4 heteroatoms. The van der Waals surface area contributed by atoms with E-state index in [2.05, 4.69) is 262 Å². The monoisotopic (exact) mass is 744 g/mol. The van der Waals surface area contributed by atoms with E-state index >= 15 is 0 Å². The average Bonchev–Trinajstić information content (AvgIpc) is 3.63. The molecule has 0 fully saturated rings. The maximum Gasteiger partial charge on any atom is 0.0561 e. The highest BCUT2D eigenvalue weighted by Crippen LogP contribution is 2.44. The van der Waals surface area contributed by atoms with E-state index in [1.165, 1.54) is 10.8 Å². The number of rotatable bonds is 10. The molecule has 0 aliphatic carbocycles. The van der Waals surface area contributed by atoms with Gasteiger partial charge in [0, 0.05) is 50.6 Å². The van der Waals surface area contributed by atoms with Crippen molar-refractivity contribution in [2.45, 2.75) is 0 Å². The highest BCUT2D eigenvalue weighted by molar-refractivity contribution is 6.10. The van der Waals surface area contributed by atoms with Crippen LogP contribution in [0.2, 0.25) is 0 Å². The fourth-order valence-corrected chi connectivity index (χ4v) is 8.15. The minimum Gasteiger partial charge on any atom is -0.310 e. The van der Waals surface area contributed by atoms with Crippen LogP contribution in [0.1, 0.15) is 0 Å². The Morgan fingerprint density at radius 2 is 0.552 bits per heavy atom. The van der Waals surface area contributed by atoms with Crippen LogP contribution in [0.15, 0.2) is 243 Å². The predicted octanol–water partition coefficient (Wildman–Crippen LogP) is 15.2. The lowest BCUT2D eigenvalue weighted by Gasteiger charge is -2.30. The first-order valence-electron chi connectivity index (χ1n) is 19.7. The van der Waals surface area contributed by atoms with Gasteiger partial charge in [-0.25, -0.2) is 0 Å². The number of aromatic nitrogens is 1. The van der Waals surface area contributed by atoms with Gasteiger partial charge < -0.3 is 19.3 Å². The molecule has 0 saturated heterocycles. The van der Waals surface area contributed by atoms with Crippen LogP contribution in [-0.4, -0.2) is 4.57 Å². The summed E-state index contributed by atoms with van der Waals surface area (Å²) in [5, 5.41) is 2.39. The maximum atomic E-state index is 2.44. The Bertz CT molecular complexity index is 2710. The molecule has 0 unspecified atom stereocenters. The van der Waals surface area contributed by atoms with Gasteiger partial charge in [-0.15, -0.1) is 0 Å². The summed E-state index contributed by atoms with van der Waals surface area (Å²) in [5.74, 6) is 0. The molecule has 1 heterocycles. The zero-order valence-electron chi connectivity index (χ0n) is 31.9. The van der Waals surface area contributed by atoms with Gasteiger partial charge >= 0.3 is 0 Å². The van der Waals surface area contributed by atoms with Crippen LogP contribution in [-0.2, 0) is 0 Å². The number of anilines is 9. The third-order valence-corrected chi connectivity index (χ3v) is 10.7. The van der Waals surface area contributed by atoms with Crippen LogP contribution in [0, 0.1) is 0 Å². The molecule has 0 N–H and O–H groups in total. The molecule has 0 saturated carbocycles. The van der Waals surface area contributed by atoms with Crippen molar-refractivity contribution in [1.29, 1.82) is 0 Å². The standard InChI is InChI=1S/C54H40N4/c1-7-21-41(22-8-1)55(42-23-9-2-10-24-42)47-35-36-52-51-33-19-20-34-53(51)58(54(52)40-47)50-38-48(56(43-25-11-3-12-26-43)44-27-13-4-14-28-44)37-49(39-50)57(45-29-15-5-16-30-45)46-31-17-6-18-32-46/h1-40H. The second-order valence-electron chi connectivity index (χ2n) is 14.3. The van der Waals surface area contributed by atoms with E-state index in [0.29, 0.717) is 0 Å². The SMILES string of the molecule is c1ccc(N(c2ccccc2)c2cc(N(c3ccccc3)c3ccccc3)cc(-n3c4ccccc4c4ccc(N(c5ccccc5)c5ccccc5)cc43)c2)cc1. The molecule has 276 valence electrons. The van der Waals surface area contributed by atoms with Gasteiger partial charge in [0.25, 0.3) is 0 Å². The predicted molar refractivity (Wildman–Crippen MR) is 245 cm³/mol. The summed E-state index contributed by atoms with van der Waals surface area (Å²) in [5.41, 5.74) is 13.0. The topological polar surface area (TPSA) is 14.7 Å². The van der Waals surface area contributed by atoms with Crippen LogP contribution >= 0.6 is 0 Å². The van der Waals surface area contributed by atoms with Gasteiger partial charge in [0.05, 0.1) is 28.1 Å². The highest BCUT2D eigenvalue weighted by Gasteiger charge is 2.22. The van der Waals surface area contributed by atoms with E-state index < -0.39 is 0 Å². The van der Waals surface area contributed by atoms with E-state index in [9.17, 15) is 0 Å². The number of fused-ring (bicyclic) bond motifs is 3. The lowest BCUT2D eigenvalue weighted by Crippen LogP contribution is -2.14. The van der Waals surface area contributed by atoms with E-state index in [-0.39, 0.29) is 0 Å². The summed E-state index contributed by atoms with van der Waals surface area (Å²) < 4.78 is 2.44. The molecular formula is C54H40N4. The van der Waals surface area contributed by atoms with Crippen molar-refractivity contribution in [1.82, 2.24) is 4.57 Å². The number of nitrogens with zero attached hydrogens (tertiary/aromatic N) is 4. The summed E-state index contributed by atoms with van der Waals surface area (Å²) >= 11 is 0. The Balaban J connectivity index is 1.27. The zero-order chi connectivity index (χ0) is 38.7. The quantitative estimate of drug-likeness (QED) is 0.139. The summed E-state index contributed by atoms with van der Waals surface area (Å²) in [7, 11) is 0. The molecule has 0 atom stereocenters. The second kappa shape index (κ2) is 15.4. The summed E-state index contributed by atoms with van der Waals surface area (Å²) in [6, 6.07) is 86.5. The molecular weight excluding hydrogens is 705 g/mol. The minimum atomic E-state index is 1.04. The van der Waals surface area contributed by atoms with Crippen molar-refractivity contribution in [3.8, 4) is 5.69 Å². The van der Waals surface area contributed by atoms with Crippen molar-refractivity contribution >= 4 is 73.0 Å². The van der Waals surface area contributed by atoms with Gasteiger partial charge in [0.2, 0.25) is 0 Å². The van der Waals surface area contributed by atoms with Crippen molar-refractivity contribution in [3.05, 3.63) is 243 Å². The van der Waals surface area contributed by atoms with Crippen LogP contribution in [0.3, 0.4) is 0 Å². The smallest absolute Gasteiger partial charge is 0.0561 e. The van der Waals surface area contributed by atoms with E-state index in [1.807, 2.05) is 0 Å². The van der Waals surface area contributed by atoms with Crippen LogP contribution < -0.4 is 14.7 Å². The minimum absolute atomic E-state index is 1.04. The Morgan fingerprint density at radius 3 is 0.948 bits per heavy atom. The average molecular weight is 745 g/mol. The Hall–Kier alpha value is -7.82. The molecule has 0 radical (unpaired) electrons. The summed E-state index contributed by atoms with van der Waals surface area (Å²) in [6.07, 6.45) is 0. The van der Waals surface area contributed by atoms with Crippen LogP contribution in [0.4, 0.5) is 51.2 Å². The second-order valence-corrected chi connectivity index (χ2v) is 14.3. The number of benzene rings is 9. The molecule has 0 bridgehead atoms. The molecule has 4 nitrogen and oxygen atoms in total. The van der Waals surface area contributed by atoms with Crippen LogP contribution in [0.25, 0.3) is 27.5 Å². The molecule has 10 aromatic rings. The molecule has 1 aromatic heterocycles. The van der Waals surface area contributed by atoms with E-state index in [4.69, 9.17) is 0 Å². The van der Waals surface area contributed by atoms with Gasteiger partial charge in [-0.2, -0.15) is 0 Å². The fourth-order valence-electron chi connectivity index (χ4n) is 8.15. The zero-order valence-corrected chi connectivity index (χ0v) is 31.9. The molecule has 0 aliphatic heterocycles. The number of para-hydroxylation sites is 7. The fraction of sp³-hybridized carbons (Fsp3) is 0. The van der Waals surface area contributed by atoms with Crippen molar-refractivity contribution in [3.63, 3.8) is 0 Å².